The number of hydrogen-bond donors (Lipinski definition) is 3. The molecule has 2 aromatic rings. The maximum absolute atomic E-state index is 14.0. The topological polar surface area (TPSA) is 126 Å². The Hall–Kier alpha value is -3.63. The number of carbonyl (C=O) groups excluding carboxylic acids is 3. The summed E-state index contributed by atoms with van der Waals surface area (Å²) < 4.78 is 17.2. The van der Waals surface area contributed by atoms with E-state index in [-0.39, 0.29) is 31.5 Å². The number of amides is 3. The summed E-state index contributed by atoms with van der Waals surface area (Å²) in [6, 6.07) is 15.9. The van der Waals surface area contributed by atoms with Crippen molar-refractivity contribution in [3.63, 3.8) is 0 Å². The Morgan fingerprint density at radius 2 is 1.52 bits per heavy atom. The normalized spacial score (nSPS) is 18.8. The molecule has 2 aliphatic heterocycles. The number of methoxy groups -OCH3 is 1. The Morgan fingerprint density at radius 1 is 0.932 bits per heavy atom. The quantitative estimate of drug-likeness (QED) is 0.305. The molecular formula is C34H47N3O7. The highest BCUT2D eigenvalue weighted by atomic mass is 16.6. The number of nitrogens with one attached hydrogen (secondary N) is 2. The molecule has 3 amide bonds. The summed E-state index contributed by atoms with van der Waals surface area (Å²) in [7, 11) is 1.69. The molecule has 0 saturated carbocycles. The molecule has 0 aliphatic carbocycles. The van der Waals surface area contributed by atoms with Gasteiger partial charge in [0, 0.05) is 63.0 Å². The van der Waals surface area contributed by atoms with Crippen molar-refractivity contribution in [3.05, 3.63) is 59.7 Å². The van der Waals surface area contributed by atoms with Gasteiger partial charge in [-0.25, -0.2) is 4.79 Å². The minimum atomic E-state index is -0.718. The molecule has 4 rings (SSSR count). The number of fused-ring (bicyclic) bond motifs is 2. The molecule has 2 atom stereocenters. The largest absolute Gasteiger partial charge is 0.457 e. The number of hydrogen-bond acceptors (Lipinski definition) is 7. The lowest BCUT2D eigenvalue weighted by atomic mass is 9.69. The number of likely N-dealkylation sites (tertiary alicyclic amines) is 1. The van der Waals surface area contributed by atoms with Gasteiger partial charge in [-0.3, -0.25) is 9.59 Å². The molecule has 2 aliphatic rings. The number of para-hydroxylation sites is 2. The van der Waals surface area contributed by atoms with Crippen molar-refractivity contribution in [3.8, 4) is 11.5 Å². The van der Waals surface area contributed by atoms with Crippen LogP contribution in [0.4, 0.5) is 4.79 Å². The van der Waals surface area contributed by atoms with Crippen molar-refractivity contribution in [2.45, 2.75) is 63.9 Å². The Morgan fingerprint density at radius 3 is 2.09 bits per heavy atom. The number of aliphatic hydroxyl groups is 1. The van der Waals surface area contributed by atoms with Gasteiger partial charge in [-0.15, -0.1) is 0 Å². The van der Waals surface area contributed by atoms with Crippen molar-refractivity contribution in [2.75, 3.05) is 46.5 Å². The van der Waals surface area contributed by atoms with Gasteiger partial charge in [0.15, 0.2) is 0 Å². The van der Waals surface area contributed by atoms with Crippen LogP contribution >= 0.6 is 0 Å². The second-order valence-corrected chi connectivity index (χ2v) is 12.7. The number of ether oxygens (including phenoxy) is 3. The van der Waals surface area contributed by atoms with Crippen LogP contribution in [0.25, 0.3) is 0 Å². The van der Waals surface area contributed by atoms with E-state index in [2.05, 4.69) is 22.8 Å². The first-order chi connectivity index (χ1) is 21.1. The molecule has 0 radical (unpaired) electrons. The summed E-state index contributed by atoms with van der Waals surface area (Å²) in [6.07, 6.45) is 2.68. The highest BCUT2D eigenvalue weighted by Crippen LogP contribution is 2.50. The van der Waals surface area contributed by atoms with Gasteiger partial charge in [-0.05, 0) is 65.0 Å². The summed E-state index contributed by atoms with van der Waals surface area (Å²) in [5, 5.41) is 15.2. The third-order valence-corrected chi connectivity index (χ3v) is 8.27. The van der Waals surface area contributed by atoms with E-state index in [4.69, 9.17) is 19.3 Å². The SMILES string of the molecule is COCCCCC1(CNC(=O)[C@@H]2C[C@H](C(=O)NCCCO)CN(C(=O)OC(C)(C)C)C2)c2ccccc2Oc2ccccc21. The summed E-state index contributed by atoms with van der Waals surface area (Å²) >= 11 is 0. The first-order valence-corrected chi connectivity index (χ1v) is 15.6. The van der Waals surface area contributed by atoms with Crippen LogP contribution in [-0.2, 0) is 24.5 Å². The first kappa shape index (κ1) is 33.3. The number of nitrogens with zero attached hydrogens (tertiary/aromatic N) is 1. The van der Waals surface area contributed by atoms with Crippen LogP contribution in [0.5, 0.6) is 11.5 Å². The zero-order valence-corrected chi connectivity index (χ0v) is 26.4. The van der Waals surface area contributed by atoms with Gasteiger partial charge in [0.25, 0.3) is 0 Å². The second-order valence-electron chi connectivity index (χ2n) is 12.7. The van der Waals surface area contributed by atoms with Crippen molar-refractivity contribution in [1.82, 2.24) is 15.5 Å². The summed E-state index contributed by atoms with van der Waals surface area (Å²) in [5.41, 5.74) is 0.757. The van der Waals surface area contributed by atoms with Crippen LogP contribution in [0.3, 0.4) is 0 Å². The molecular weight excluding hydrogens is 562 g/mol. The van der Waals surface area contributed by atoms with E-state index >= 15 is 0 Å². The maximum atomic E-state index is 14.0. The second kappa shape index (κ2) is 14.9. The number of benzene rings is 2. The van der Waals surface area contributed by atoms with E-state index in [0.29, 0.717) is 32.5 Å². The monoisotopic (exact) mass is 609 g/mol. The highest BCUT2D eigenvalue weighted by Gasteiger charge is 2.43. The summed E-state index contributed by atoms with van der Waals surface area (Å²) in [6.45, 7) is 6.92. The molecule has 10 heteroatoms. The summed E-state index contributed by atoms with van der Waals surface area (Å²) in [4.78, 5) is 41.6. The molecule has 3 N–H and O–H groups in total. The van der Waals surface area contributed by atoms with E-state index in [9.17, 15) is 14.4 Å². The number of carbonyl (C=O) groups is 3. The molecule has 2 aromatic carbocycles. The standard InChI is InChI=1S/C34H47N3O7/c1-33(2,3)44-32(41)37-21-24(30(39)35-17-11-18-38)20-25(22-37)31(40)36-23-34(16-9-10-19-42-4)26-12-5-7-14-28(26)43-29-15-8-6-13-27(29)34/h5-8,12-15,24-25,38H,9-11,16-23H2,1-4H3,(H,35,39)(H,36,40)/t24-,25+/m0/s1. The molecule has 0 bridgehead atoms. The Balaban J connectivity index is 1.59. The predicted molar refractivity (Wildman–Crippen MR) is 167 cm³/mol. The van der Waals surface area contributed by atoms with Gasteiger partial charge < -0.3 is 34.9 Å². The Kier molecular flexibility index (Phi) is 11.3. The van der Waals surface area contributed by atoms with Gasteiger partial charge in [0.2, 0.25) is 11.8 Å². The lowest BCUT2D eigenvalue weighted by Gasteiger charge is -2.41. The van der Waals surface area contributed by atoms with Crippen molar-refractivity contribution in [1.29, 1.82) is 0 Å². The third-order valence-electron chi connectivity index (χ3n) is 8.27. The van der Waals surface area contributed by atoms with Gasteiger partial charge in [0.05, 0.1) is 11.8 Å². The summed E-state index contributed by atoms with van der Waals surface area (Å²) in [5.74, 6) is -0.129. The molecule has 1 fully saturated rings. The van der Waals surface area contributed by atoms with Gasteiger partial charge in [0.1, 0.15) is 17.1 Å². The number of rotatable bonds is 12. The van der Waals surface area contributed by atoms with Crippen LogP contribution in [0.1, 0.15) is 64.0 Å². The van der Waals surface area contributed by atoms with Crippen LogP contribution in [0.15, 0.2) is 48.5 Å². The number of piperidine rings is 1. The van der Waals surface area contributed by atoms with E-state index in [1.807, 2.05) is 36.4 Å². The lowest BCUT2D eigenvalue weighted by molar-refractivity contribution is -0.131. The molecule has 2 heterocycles. The highest BCUT2D eigenvalue weighted by molar-refractivity contribution is 5.84. The van der Waals surface area contributed by atoms with Gasteiger partial charge in [-0.1, -0.05) is 36.4 Å². The lowest BCUT2D eigenvalue weighted by Crippen LogP contribution is -2.54. The molecule has 240 valence electrons. The fraction of sp³-hybridized carbons (Fsp3) is 0.559. The predicted octanol–water partition coefficient (Wildman–Crippen LogP) is 4.38. The van der Waals surface area contributed by atoms with E-state index in [1.54, 1.807) is 27.9 Å². The third kappa shape index (κ3) is 8.09. The fourth-order valence-corrected chi connectivity index (χ4v) is 6.16. The molecule has 44 heavy (non-hydrogen) atoms. The molecule has 0 unspecified atom stereocenters. The van der Waals surface area contributed by atoms with Crippen LogP contribution in [-0.4, -0.2) is 80.0 Å². The van der Waals surface area contributed by atoms with Crippen molar-refractivity contribution < 1.29 is 33.7 Å². The Bertz CT molecular complexity index is 1250. The minimum Gasteiger partial charge on any atom is -0.457 e. The average Bonchev–Trinajstić information content (AvgIpc) is 3.00. The van der Waals surface area contributed by atoms with Crippen LogP contribution < -0.4 is 15.4 Å². The number of unbranched alkanes of at least 4 members (excludes halogenated alkanes) is 1. The molecule has 10 nitrogen and oxygen atoms in total. The van der Waals surface area contributed by atoms with Crippen molar-refractivity contribution in [2.24, 2.45) is 11.8 Å². The Labute approximate surface area is 260 Å². The van der Waals surface area contributed by atoms with Gasteiger partial charge >= 0.3 is 6.09 Å². The molecule has 0 spiro atoms. The van der Waals surface area contributed by atoms with Crippen LogP contribution in [0.2, 0.25) is 0 Å². The van der Waals surface area contributed by atoms with E-state index in [1.165, 1.54) is 4.90 Å². The minimum absolute atomic E-state index is 0.0372. The maximum Gasteiger partial charge on any atom is 0.410 e. The first-order valence-electron chi connectivity index (χ1n) is 15.6. The van der Waals surface area contributed by atoms with Crippen molar-refractivity contribution >= 4 is 17.9 Å². The molecule has 0 aromatic heterocycles. The molecule has 1 saturated heterocycles. The van der Waals surface area contributed by atoms with Gasteiger partial charge in [-0.2, -0.15) is 0 Å². The number of aliphatic hydroxyl groups excluding tert-OH is 1. The smallest absolute Gasteiger partial charge is 0.410 e. The van der Waals surface area contributed by atoms with E-state index in [0.717, 1.165) is 41.9 Å². The fourth-order valence-electron chi connectivity index (χ4n) is 6.16. The average molecular weight is 610 g/mol. The van der Waals surface area contributed by atoms with Crippen LogP contribution in [0, 0.1) is 11.8 Å². The zero-order valence-electron chi connectivity index (χ0n) is 26.4. The zero-order chi connectivity index (χ0) is 31.7. The van der Waals surface area contributed by atoms with E-state index < -0.39 is 28.9 Å².